The molecule has 1 N–H and O–H groups in total. The molecule has 21 heavy (non-hydrogen) atoms. The number of alkyl halides is 2. The molecule has 1 amide bonds. The van der Waals surface area contributed by atoms with Gasteiger partial charge in [-0.15, -0.1) is 0 Å². The molecule has 3 rings (SSSR count). The Morgan fingerprint density at radius 3 is 3.00 bits per heavy atom. The lowest BCUT2D eigenvalue weighted by atomic mass is 9.81. The van der Waals surface area contributed by atoms with E-state index in [0.29, 0.717) is 6.54 Å². The first kappa shape index (κ1) is 14.4. The zero-order valence-electron chi connectivity index (χ0n) is 12.1. The van der Waals surface area contributed by atoms with E-state index in [9.17, 15) is 13.6 Å². The van der Waals surface area contributed by atoms with Crippen LogP contribution in [0.2, 0.25) is 0 Å². The van der Waals surface area contributed by atoms with Gasteiger partial charge in [0.25, 0.3) is 0 Å². The number of nitrogens with zero attached hydrogens (tertiary/aromatic N) is 3. The van der Waals surface area contributed by atoms with Gasteiger partial charge in [0.15, 0.2) is 0 Å². The SMILES string of the molecule is CN1Cc2ccnn2C(CCNC(=O)C2CC(F)(F)C2)C1. The maximum Gasteiger partial charge on any atom is 0.249 e. The maximum absolute atomic E-state index is 12.7. The molecule has 0 spiro atoms. The Kier molecular flexibility index (Phi) is 3.69. The Morgan fingerprint density at radius 2 is 2.29 bits per heavy atom. The van der Waals surface area contributed by atoms with Crippen LogP contribution in [0.25, 0.3) is 0 Å². The van der Waals surface area contributed by atoms with Crippen molar-refractivity contribution < 1.29 is 13.6 Å². The summed E-state index contributed by atoms with van der Waals surface area (Å²) < 4.78 is 27.5. The van der Waals surface area contributed by atoms with Crippen molar-refractivity contribution in [2.24, 2.45) is 5.92 Å². The number of fused-ring (bicyclic) bond motifs is 1. The van der Waals surface area contributed by atoms with Crippen molar-refractivity contribution in [3.05, 3.63) is 18.0 Å². The summed E-state index contributed by atoms with van der Waals surface area (Å²) >= 11 is 0. The van der Waals surface area contributed by atoms with E-state index in [1.54, 1.807) is 6.20 Å². The summed E-state index contributed by atoms with van der Waals surface area (Å²) in [5.74, 6) is -3.40. The van der Waals surface area contributed by atoms with Gasteiger partial charge < -0.3 is 5.32 Å². The first-order chi connectivity index (χ1) is 9.94. The fraction of sp³-hybridized carbons (Fsp3) is 0.714. The lowest BCUT2D eigenvalue weighted by Gasteiger charge is -2.34. The van der Waals surface area contributed by atoms with Gasteiger partial charge in [-0.1, -0.05) is 0 Å². The van der Waals surface area contributed by atoms with Gasteiger partial charge in [-0.25, -0.2) is 8.78 Å². The second-order valence-electron chi connectivity index (χ2n) is 6.16. The average Bonchev–Trinajstić information content (AvgIpc) is 2.83. The van der Waals surface area contributed by atoms with Crippen LogP contribution in [-0.2, 0) is 11.3 Å². The number of likely N-dealkylation sites (N-methyl/N-ethyl adjacent to an activating group) is 1. The van der Waals surface area contributed by atoms with Gasteiger partial charge in [-0.3, -0.25) is 14.4 Å². The predicted molar refractivity (Wildman–Crippen MR) is 72.9 cm³/mol. The van der Waals surface area contributed by atoms with Crippen molar-refractivity contribution >= 4 is 5.91 Å². The monoisotopic (exact) mass is 298 g/mol. The first-order valence-electron chi connectivity index (χ1n) is 7.31. The van der Waals surface area contributed by atoms with Gasteiger partial charge in [-0.2, -0.15) is 5.10 Å². The van der Waals surface area contributed by atoms with Crippen LogP contribution < -0.4 is 5.32 Å². The lowest BCUT2D eigenvalue weighted by Crippen LogP contribution is -2.45. The second-order valence-corrected chi connectivity index (χ2v) is 6.16. The van der Waals surface area contributed by atoms with Crippen molar-refractivity contribution in [3.8, 4) is 0 Å². The molecule has 2 heterocycles. The van der Waals surface area contributed by atoms with Gasteiger partial charge >= 0.3 is 0 Å². The normalized spacial score (nSPS) is 25.2. The Balaban J connectivity index is 1.47. The molecule has 1 fully saturated rings. The molecule has 1 aliphatic heterocycles. The molecule has 2 aliphatic rings. The van der Waals surface area contributed by atoms with E-state index in [0.717, 1.165) is 19.5 Å². The van der Waals surface area contributed by atoms with E-state index in [1.807, 2.05) is 10.7 Å². The van der Waals surface area contributed by atoms with Gasteiger partial charge in [0, 0.05) is 44.6 Å². The summed E-state index contributed by atoms with van der Waals surface area (Å²) in [6.07, 6.45) is 1.92. The number of halogens is 2. The van der Waals surface area contributed by atoms with Gasteiger partial charge in [0.1, 0.15) is 0 Å². The summed E-state index contributed by atoms with van der Waals surface area (Å²) in [4.78, 5) is 14.0. The summed E-state index contributed by atoms with van der Waals surface area (Å²) in [5, 5.41) is 7.11. The van der Waals surface area contributed by atoms with Crippen LogP contribution in [0.15, 0.2) is 12.3 Å². The molecule has 0 radical (unpaired) electrons. The molecule has 1 unspecified atom stereocenters. The second kappa shape index (κ2) is 5.36. The molecular weight excluding hydrogens is 278 g/mol. The molecule has 7 heteroatoms. The minimum Gasteiger partial charge on any atom is -0.356 e. The molecule has 1 aliphatic carbocycles. The number of amides is 1. The van der Waals surface area contributed by atoms with Crippen LogP contribution in [0.4, 0.5) is 8.78 Å². The largest absolute Gasteiger partial charge is 0.356 e. The third kappa shape index (κ3) is 3.07. The molecule has 116 valence electrons. The molecule has 5 nitrogen and oxygen atoms in total. The minimum absolute atomic E-state index is 0.219. The minimum atomic E-state index is -2.64. The molecule has 1 aromatic heterocycles. The Hall–Kier alpha value is -1.50. The van der Waals surface area contributed by atoms with E-state index in [-0.39, 0.29) is 24.8 Å². The van der Waals surface area contributed by atoms with Crippen LogP contribution >= 0.6 is 0 Å². The quantitative estimate of drug-likeness (QED) is 0.914. The van der Waals surface area contributed by atoms with Crippen molar-refractivity contribution in [3.63, 3.8) is 0 Å². The average molecular weight is 298 g/mol. The van der Waals surface area contributed by atoms with Crippen LogP contribution in [0.1, 0.15) is 31.0 Å². The highest BCUT2D eigenvalue weighted by atomic mass is 19.3. The molecule has 0 saturated heterocycles. The van der Waals surface area contributed by atoms with E-state index in [4.69, 9.17) is 0 Å². The molecule has 0 aromatic carbocycles. The van der Waals surface area contributed by atoms with Crippen molar-refractivity contribution in [2.45, 2.75) is 37.8 Å². The van der Waals surface area contributed by atoms with Crippen molar-refractivity contribution in [1.82, 2.24) is 20.0 Å². The van der Waals surface area contributed by atoms with Gasteiger partial charge in [0.2, 0.25) is 11.8 Å². The highest BCUT2D eigenvalue weighted by Gasteiger charge is 2.48. The molecule has 1 saturated carbocycles. The fourth-order valence-corrected chi connectivity index (χ4v) is 3.14. The lowest BCUT2D eigenvalue weighted by molar-refractivity contribution is -0.150. The van der Waals surface area contributed by atoms with E-state index in [2.05, 4.69) is 22.4 Å². The van der Waals surface area contributed by atoms with Gasteiger partial charge in [0.05, 0.1) is 11.7 Å². The fourth-order valence-electron chi connectivity index (χ4n) is 3.14. The standard InChI is InChI=1S/C14H20F2N4O/c1-19-8-11(20-12(9-19)3-5-18-20)2-4-17-13(21)10-6-14(15,16)7-10/h3,5,10-11H,2,4,6-9H2,1H3,(H,17,21). The third-order valence-corrected chi connectivity index (χ3v) is 4.29. The zero-order chi connectivity index (χ0) is 15.0. The number of hydrogen-bond donors (Lipinski definition) is 1. The highest BCUT2D eigenvalue weighted by Crippen LogP contribution is 2.42. The molecular formula is C14H20F2N4O. The number of nitrogens with one attached hydrogen (secondary N) is 1. The number of hydrogen-bond acceptors (Lipinski definition) is 3. The smallest absolute Gasteiger partial charge is 0.249 e. The maximum atomic E-state index is 12.7. The summed E-state index contributed by atoms with van der Waals surface area (Å²) in [6.45, 7) is 2.25. The zero-order valence-corrected chi connectivity index (χ0v) is 12.1. The summed E-state index contributed by atoms with van der Waals surface area (Å²) in [5.41, 5.74) is 1.17. The molecule has 1 aromatic rings. The first-order valence-corrected chi connectivity index (χ1v) is 7.31. The van der Waals surface area contributed by atoms with E-state index < -0.39 is 11.8 Å². The van der Waals surface area contributed by atoms with E-state index in [1.165, 1.54) is 5.69 Å². The number of carbonyl (C=O) groups is 1. The van der Waals surface area contributed by atoms with Crippen LogP contribution in [0.5, 0.6) is 0 Å². The third-order valence-electron chi connectivity index (χ3n) is 4.29. The Bertz CT molecular complexity index is 523. The molecule has 1 atom stereocenters. The topological polar surface area (TPSA) is 50.2 Å². The van der Waals surface area contributed by atoms with E-state index >= 15 is 0 Å². The number of carbonyl (C=O) groups excluding carboxylic acids is 1. The summed E-state index contributed by atoms with van der Waals surface area (Å²) in [7, 11) is 2.05. The van der Waals surface area contributed by atoms with Gasteiger partial charge in [-0.05, 0) is 19.5 Å². The van der Waals surface area contributed by atoms with Crippen LogP contribution in [-0.4, -0.2) is 46.6 Å². The Morgan fingerprint density at radius 1 is 1.52 bits per heavy atom. The number of aromatic nitrogens is 2. The Labute approximate surface area is 122 Å². The molecule has 0 bridgehead atoms. The van der Waals surface area contributed by atoms with Crippen LogP contribution in [0, 0.1) is 5.92 Å². The van der Waals surface area contributed by atoms with Crippen molar-refractivity contribution in [2.75, 3.05) is 20.1 Å². The van der Waals surface area contributed by atoms with Crippen molar-refractivity contribution in [1.29, 1.82) is 0 Å². The predicted octanol–water partition coefficient (Wildman–Crippen LogP) is 1.42. The highest BCUT2D eigenvalue weighted by molar-refractivity contribution is 5.79. The summed E-state index contributed by atoms with van der Waals surface area (Å²) in [6, 6.07) is 2.22. The number of rotatable bonds is 4. The van der Waals surface area contributed by atoms with Crippen LogP contribution in [0.3, 0.4) is 0 Å².